The van der Waals surface area contributed by atoms with Crippen molar-refractivity contribution >= 4 is 39.0 Å². The van der Waals surface area contributed by atoms with Gasteiger partial charge in [-0.2, -0.15) is 13.2 Å². The summed E-state index contributed by atoms with van der Waals surface area (Å²) in [5.41, 5.74) is 1.92. The molecular formula is C19H17F3N4OS. The van der Waals surface area contributed by atoms with E-state index in [2.05, 4.69) is 15.3 Å². The smallest absolute Gasteiger partial charge is 0.358 e. The molecule has 1 aliphatic heterocycles. The van der Waals surface area contributed by atoms with Gasteiger partial charge in [0.05, 0.1) is 5.39 Å². The van der Waals surface area contributed by atoms with Crippen molar-refractivity contribution in [1.29, 1.82) is 0 Å². The molecule has 1 aliphatic rings. The zero-order valence-electron chi connectivity index (χ0n) is 15.1. The Morgan fingerprint density at radius 3 is 2.79 bits per heavy atom. The molecule has 146 valence electrons. The van der Waals surface area contributed by atoms with Crippen LogP contribution in [0.25, 0.3) is 10.2 Å². The lowest BCUT2D eigenvalue weighted by molar-refractivity contribution is -0.144. The number of para-hydroxylation sites is 1. The van der Waals surface area contributed by atoms with Crippen LogP contribution in [0.1, 0.15) is 25.2 Å². The summed E-state index contributed by atoms with van der Waals surface area (Å²) < 4.78 is 39.4. The minimum Gasteiger partial charge on any atom is -0.358 e. The van der Waals surface area contributed by atoms with Crippen molar-refractivity contribution in [1.82, 2.24) is 9.97 Å². The van der Waals surface area contributed by atoms with Gasteiger partial charge in [-0.1, -0.05) is 18.2 Å². The van der Waals surface area contributed by atoms with Gasteiger partial charge in [-0.25, -0.2) is 9.97 Å². The predicted octanol–water partition coefficient (Wildman–Crippen LogP) is 4.49. The first-order valence-corrected chi connectivity index (χ1v) is 9.63. The Morgan fingerprint density at radius 2 is 2.04 bits per heavy atom. The van der Waals surface area contributed by atoms with E-state index in [4.69, 9.17) is 0 Å². The number of carbonyl (C=O) groups excluding carboxylic acids is 1. The van der Waals surface area contributed by atoms with Gasteiger partial charge in [0, 0.05) is 11.7 Å². The lowest BCUT2D eigenvalue weighted by Crippen LogP contribution is -2.44. The van der Waals surface area contributed by atoms with Crippen LogP contribution in [0.4, 0.5) is 24.7 Å². The highest BCUT2D eigenvalue weighted by Crippen LogP contribution is 2.34. The van der Waals surface area contributed by atoms with E-state index in [-0.39, 0.29) is 22.6 Å². The van der Waals surface area contributed by atoms with Gasteiger partial charge < -0.3 is 10.2 Å². The first-order chi connectivity index (χ1) is 13.3. The average Bonchev–Trinajstić information content (AvgIpc) is 3.23. The molecule has 2 aromatic heterocycles. The van der Waals surface area contributed by atoms with E-state index in [1.165, 1.54) is 0 Å². The predicted molar refractivity (Wildman–Crippen MR) is 103 cm³/mol. The van der Waals surface area contributed by atoms with Gasteiger partial charge in [-0.05, 0) is 43.3 Å². The van der Waals surface area contributed by atoms with Crippen molar-refractivity contribution in [3.8, 4) is 0 Å². The molecule has 0 saturated heterocycles. The fraction of sp³-hybridized carbons (Fsp3) is 0.316. The van der Waals surface area contributed by atoms with Crippen LogP contribution >= 0.6 is 11.3 Å². The molecular weight excluding hydrogens is 389 g/mol. The van der Waals surface area contributed by atoms with Gasteiger partial charge >= 0.3 is 6.18 Å². The second-order valence-electron chi connectivity index (χ2n) is 6.79. The van der Waals surface area contributed by atoms with Crippen LogP contribution in [-0.2, 0) is 17.4 Å². The average molecular weight is 406 g/mol. The lowest BCUT2D eigenvalue weighted by atomic mass is 10.1. The molecule has 2 unspecified atom stereocenters. The third kappa shape index (κ3) is 3.19. The molecule has 0 saturated carbocycles. The van der Waals surface area contributed by atoms with Crippen molar-refractivity contribution in [3.05, 3.63) is 47.1 Å². The van der Waals surface area contributed by atoms with E-state index in [9.17, 15) is 18.0 Å². The summed E-state index contributed by atoms with van der Waals surface area (Å²) in [6.45, 7) is 3.58. The normalized spacial score (nSPS) is 17.6. The van der Waals surface area contributed by atoms with Crippen LogP contribution in [0.15, 0.2) is 35.7 Å². The van der Waals surface area contributed by atoms with Gasteiger partial charge in [-0.3, -0.25) is 4.79 Å². The summed E-state index contributed by atoms with van der Waals surface area (Å²) >= 11 is 1.10. The molecule has 0 spiro atoms. The Kier molecular flexibility index (Phi) is 4.49. The summed E-state index contributed by atoms with van der Waals surface area (Å²) in [5.74, 6) is -1.42. The van der Waals surface area contributed by atoms with Crippen molar-refractivity contribution < 1.29 is 18.0 Å². The number of aromatic nitrogens is 2. The molecule has 2 atom stereocenters. The maximum atomic E-state index is 13.1. The molecule has 0 fully saturated rings. The fourth-order valence-electron chi connectivity index (χ4n) is 3.47. The van der Waals surface area contributed by atoms with Crippen molar-refractivity contribution in [2.45, 2.75) is 38.5 Å². The molecule has 1 N–H and O–H groups in total. The highest BCUT2D eigenvalue weighted by Gasteiger charge is 2.37. The maximum absolute atomic E-state index is 13.1. The molecule has 4 rings (SSSR count). The standard InChI is InChI=1S/C19H17F3N4OS/c1-10-9-12-5-3-4-6-14(12)26(10)17(27)11(2)23-15-13-7-8-28-16(13)25-18(24-15)19(20,21)22/h3-8,10-11H,9H2,1-2H3,(H,23,24,25). The number of amides is 1. The van der Waals surface area contributed by atoms with Crippen LogP contribution < -0.4 is 10.2 Å². The number of carbonyl (C=O) groups is 1. The van der Waals surface area contributed by atoms with Gasteiger partial charge in [0.2, 0.25) is 11.7 Å². The molecule has 0 radical (unpaired) electrons. The summed E-state index contributed by atoms with van der Waals surface area (Å²) in [6, 6.07) is 8.52. The first-order valence-electron chi connectivity index (χ1n) is 8.75. The number of hydrogen-bond acceptors (Lipinski definition) is 5. The number of hydrogen-bond donors (Lipinski definition) is 1. The number of benzene rings is 1. The second-order valence-corrected chi connectivity index (χ2v) is 7.68. The first kappa shape index (κ1) is 18.7. The number of nitrogens with zero attached hydrogens (tertiary/aromatic N) is 3. The SMILES string of the molecule is CC(Nc1nc(C(F)(F)F)nc2sccc12)C(=O)N1c2ccccc2CC1C. The molecule has 0 aliphatic carbocycles. The number of nitrogens with one attached hydrogen (secondary N) is 1. The molecule has 1 aromatic carbocycles. The van der Waals surface area contributed by atoms with E-state index < -0.39 is 18.0 Å². The van der Waals surface area contributed by atoms with Crippen LogP contribution in [0, 0.1) is 0 Å². The zero-order chi connectivity index (χ0) is 20.1. The van der Waals surface area contributed by atoms with Crippen molar-refractivity contribution in [3.63, 3.8) is 0 Å². The Bertz CT molecular complexity index is 1050. The Balaban J connectivity index is 1.65. The zero-order valence-corrected chi connectivity index (χ0v) is 15.9. The molecule has 3 aromatic rings. The van der Waals surface area contributed by atoms with Crippen LogP contribution in [0.5, 0.6) is 0 Å². The minimum atomic E-state index is -4.66. The number of fused-ring (bicyclic) bond motifs is 2. The third-order valence-corrected chi connectivity index (χ3v) is 5.55. The molecule has 28 heavy (non-hydrogen) atoms. The van der Waals surface area contributed by atoms with E-state index in [0.717, 1.165) is 29.0 Å². The quantitative estimate of drug-likeness (QED) is 0.696. The number of thiophene rings is 1. The summed E-state index contributed by atoms with van der Waals surface area (Å²) in [5, 5.41) is 4.99. The second kappa shape index (κ2) is 6.73. The molecule has 0 bridgehead atoms. The van der Waals surface area contributed by atoms with E-state index in [1.807, 2.05) is 31.2 Å². The highest BCUT2D eigenvalue weighted by molar-refractivity contribution is 7.16. The number of alkyl halides is 3. The van der Waals surface area contributed by atoms with Gasteiger partial charge in [0.25, 0.3) is 0 Å². The van der Waals surface area contributed by atoms with Crippen molar-refractivity contribution in [2.75, 3.05) is 10.2 Å². The minimum absolute atomic E-state index is 0.0135. The number of anilines is 2. The number of halogens is 3. The van der Waals surface area contributed by atoms with Crippen LogP contribution in [-0.4, -0.2) is 28.0 Å². The van der Waals surface area contributed by atoms with Crippen molar-refractivity contribution in [2.24, 2.45) is 0 Å². The molecule has 9 heteroatoms. The lowest BCUT2D eigenvalue weighted by Gasteiger charge is -2.27. The van der Waals surface area contributed by atoms with Gasteiger partial charge in [-0.15, -0.1) is 11.3 Å². The maximum Gasteiger partial charge on any atom is 0.451 e. The Labute approximate surface area is 163 Å². The van der Waals surface area contributed by atoms with Gasteiger partial charge in [0.15, 0.2) is 0 Å². The van der Waals surface area contributed by atoms with E-state index in [0.29, 0.717) is 5.39 Å². The third-order valence-electron chi connectivity index (χ3n) is 4.75. The Hall–Kier alpha value is -2.68. The van der Waals surface area contributed by atoms with Gasteiger partial charge in [0.1, 0.15) is 16.7 Å². The number of rotatable bonds is 3. The summed E-state index contributed by atoms with van der Waals surface area (Å²) in [4.78, 5) is 22.2. The van der Waals surface area contributed by atoms with E-state index >= 15 is 0 Å². The summed E-state index contributed by atoms with van der Waals surface area (Å²) in [6.07, 6.45) is -3.92. The largest absolute Gasteiger partial charge is 0.451 e. The van der Waals surface area contributed by atoms with Crippen LogP contribution in [0.2, 0.25) is 0 Å². The Morgan fingerprint density at radius 1 is 1.29 bits per heavy atom. The fourth-order valence-corrected chi connectivity index (χ4v) is 4.23. The monoisotopic (exact) mass is 406 g/mol. The molecule has 3 heterocycles. The molecule has 5 nitrogen and oxygen atoms in total. The topological polar surface area (TPSA) is 58.1 Å². The van der Waals surface area contributed by atoms with E-state index in [1.54, 1.807) is 23.3 Å². The van der Waals surface area contributed by atoms with Crippen LogP contribution in [0.3, 0.4) is 0 Å². The highest BCUT2D eigenvalue weighted by atomic mass is 32.1. The summed E-state index contributed by atoms with van der Waals surface area (Å²) in [7, 11) is 0. The molecule has 1 amide bonds.